The van der Waals surface area contributed by atoms with Crippen LogP contribution in [0.4, 0.5) is 5.69 Å². The number of amides is 1. The zero-order valence-corrected chi connectivity index (χ0v) is 19.0. The third-order valence-electron chi connectivity index (χ3n) is 6.06. The fraction of sp³-hybridized carbons (Fsp3) is 0.0312. The number of anilines is 1. The molecule has 168 valence electrons. The third kappa shape index (κ3) is 4.44. The molecule has 1 heterocycles. The molecule has 1 N–H and O–H groups in total. The maximum absolute atomic E-state index is 12.2. The average Bonchev–Trinajstić information content (AvgIpc) is 3.26. The summed E-state index contributed by atoms with van der Waals surface area (Å²) < 4.78 is 0. The molecular formula is C32H23NO2. The van der Waals surface area contributed by atoms with E-state index >= 15 is 0 Å². The summed E-state index contributed by atoms with van der Waals surface area (Å²) in [4.78, 5) is 13.6. The van der Waals surface area contributed by atoms with Crippen molar-refractivity contribution in [3.8, 4) is 12.3 Å². The number of hydrogen-bond acceptors (Lipinski definition) is 2. The van der Waals surface area contributed by atoms with Gasteiger partial charge in [-0.1, -0.05) is 90.8 Å². The van der Waals surface area contributed by atoms with Crippen molar-refractivity contribution in [3.63, 3.8) is 0 Å². The van der Waals surface area contributed by atoms with E-state index in [1.807, 2.05) is 72.8 Å². The number of benzene rings is 4. The summed E-state index contributed by atoms with van der Waals surface area (Å²) >= 11 is 0. The Morgan fingerprint density at radius 1 is 0.686 bits per heavy atom. The van der Waals surface area contributed by atoms with Crippen molar-refractivity contribution in [3.05, 3.63) is 149 Å². The number of hydrogen-bond donors (Lipinski definition) is 1. The van der Waals surface area contributed by atoms with Crippen LogP contribution < -0.4 is 4.90 Å². The Kier molecular flexibility index (Phi) is 6.13. The van der Waals surface area contributed by atoms with E-state index in [4.69, 9.17) is 6.42 Å². The van der Waals surface area contributed by atoms with Crippen LogP contribution in [-0.2, 0) is 4.79 Å². The summed E-state index contributed by atoms with van der Waals surface area (Å²) in [5, 5.41) is 10.2. The Balaban J connectivity index is 1.73. The maximum atomic E-state index is 12.2. The molecule has 35 heavy (non-hydrogen) atoms. The molecule has 4 aromatic carbocycles. The quantitative estimate of drug-likeness (QED) is 0.302. The van der Waals surface area contributed by atoms with Gasteiger partial charge in [0.25, 0.3) is 5.91 Å². The van der Waals surface area contributed by atoms with Gasteiger partial charge in [-0.25, -0.2) is 0 Å². The average molecular weight is 454 g/mol. The SMILES string of the molecule is C#Cc1ccc(/C(=C(\c2ccccc2)c2ccc(N3C(=O)C=CC3O)cc2)c2ccccc2)cc1. The molecule has 0 aromatic heterocycles. The summed E-state index contributed by atoms with van der Waals surface area (Å²) in [5.41, 5.74) is 7.80. The van der Waals surface area contributed by atoms with Crippen molar-refractivity contribution < 1.29 is 9.90 Å². The number of rotatable bonds is 5. The van der Waals surface area contributed by atoms with Gasteiger partial charge in [-0.15, -0.1) is 6.42 Å². The number of aliphatic hydroxyl groups is 1. The molecule has 1 aliphatic heterocycles. The Morgan fingerprint density at radius 3 is 1.57 bits per heavy atom. The minimum Gasteiger partial charge on any atom is -0.369 e. The van der Waals surface area contributed by atoms with Crippen molar-refractivity contribution in [1.82, 2.24) is 0 Å². The standard InChI is InChI=1S/C32H23NO2/c1-2-23-13-15-26(16-14-23)31(24-9-5-3-6-10-24)32(25-11-7-4-8-12-25)27-17-19-28(20-18-27)33-29(34)21-22-30(33)35/h1,3-22,29,34H/b32-31+. The van der Waals surface area contributed by atoms with Gasteiger partial charge in [0.1, 0.15) is 0 Å². The third-order valence-corrected chi connectivity index (χ3v) is 6.06. The normalized spacial score (nSPS) is 15.6. The molecule has 1 aliphatic rings. The number of nitrogens with zero attached hydrogens (tertiary/aromatic N) is 1. The van der Waals surface area contributed by atoms with Crippen LogP contribution in [0.25, 0.3) is 11.1 Å². The van der Waals surface area contributed by atoms with E-state index in [0.29, 0.717) is 5.69 Å². The first kappa shape index (κ1) is 22.2. The van der Waals surface area contributed by atoms with Crippen molar-refractivity contribution in [2.24, 2.45) is 0 Å². The highest BCUT2D eigenvalue weighted by Crippen LogP contribution is 2.37. The highest BCUT2D eigenvalue weighted by atomic mass is 16.3. The van der Waals surface area contributed by atoms with E-state index in [1.165, 1.54) is 17.1 Å². The topological polar surface area (TPSA) is 40.5 Å². The van der Waals surface area contributed by atoms with Gasteiger partial charge in [0, 0.05) is 17.3 Å². The van der Waals surface area contributed by atoms with Crippen molar-refractivity contribution in [2.45, 2.75) is 6.23 Å². The largest absolute Gasteiger partial charge is 0.369 e. The molecule has 4 aromatic rings. The lowest BCUT2D eigenvalue weighted by Gasteiger charge is -2.22. The molecule has 0 fully saturated rings. The predicted octanol–water partition coefficient (Wildman–Crippen LogP) is 5.90. The van der Waals surface area contributed by atoms with Crippen LogP contribution in [0.3, 0.4) is 0 Å². The van der Waals surface area contributed by atoms with E-state index in [2.05, 4.69) is 42.3 Å². The first-order chi connectivity index (χ1) is 17.2. The molecule has 5 rings (SSSR count). The van der Waals surface area contributed by atoms with E-state index in [-0.39, 0.29) is 5.91 Å². The lowest BCUT2D eigenvalue weighted by Crippen LogP contribution is -2.33. The Bertz CT molecular complexity index is 1440. The monoisotopic (exact) mass is 453 g/mol. The van der Waals surface area contributed by atoms with Gasteiger partial charge in [0.05, 0.1) is 0 Å². The molecule has 0 aliphatic carbocycles. The molecule has 0 spiro atoms. The Labute approximate surface area is 205 Å². The predicted molar refractivity (Wildman–Crippen MR) is 141 cm³/mol. The zero-order valence-electron chi connectivity index (χ0n) is 19.0. The fourth-order valence-corrected chi connectivity index (χ4v) is 4.39. The number of aliphatic hydroxyl groups excluding tert-OH is 1. The van der Waals surface area contributed by atoms with Gasteiger partial charge < -0.3 is 5.11 Å². The molecule has 0 bridgehead atoms. The lowest BCUT2D eigenvalue weighted by molar-refractivity contribution is -0.114. The van der Waals surface area contributed by atoms with Gasteiger partial charge >= 0.3 is 0 Å². The van der Waals surface area contributed by atoms with Gasteiger partial charge in [-0.2, -0.15) is 0 Å². The van der Waals surface area contributed by atoms with Gasteiger partial charge in [0.2, 0.25) is 0 Å². The van der Waals surface area contributed by atoms with Gasteiger partial charge in [-0.05, 0) is 63.7 Å². The first-order valence-corrected chi connectivity index (χ1v) is 11.4. The van der Waals surface area contributed by atoms with E-state index < -0.39 is 6.23 Å². The summed E-state index contributed by atoms with van der Waals surface area (Å²) in [7, 11) is 0. The van der Waals surface area contributed by atoms with E-state index in [1.54, 1.807) is 0 Å². The smallest absolute Gasteiger partial charge is 0.253 e. The van der Waals surface area contributed by atoms with Crippen molar-refractivity contribution >= 4 is 22.7 Å². The molecule has 1 atom stereocenters. The van der Waals surface area contributed by atoms with Crippen LogP contribution >= 0.6 is 0 Å². The molecule has 3 nitrogen and oxygen atoms in total. The summed E-state index contributed by atoms with van der Waals surface area (Å²) in [6.45, 7) is 0. The second-order valence-electron chi connectivity index (χ2n) is 8.23. The summed E-state index contributed by atoms with van der Waals surface area (Å²) in [6, 6.07) is 36.3. The highest BCUT2D eigenvalue weighted by molar-refractivity contribution is 6.06. The number of terminal acetylenes is 1. The van der Waals surface area contributed by atoms with Gasteiger partial charge in [-0.3, -0.25) is 9.69 Å². The molecule has 1 amide bonds. The van der Waals surface area contributed by atoms with Crippen LogP contribution in [0.2, 0.25) is 0 Å². The van der Waals surface area contributed by atoms with Crippen molar-refractivity contribution in [1.29, 1.82) is 0 Å². The second-order valence-corrected chi connectivity index (χ2v) is 8.23. The summed E-state index contributed by atoms with van der Waals surface area (Å²) in [5.74, 6) is 2.46. The molecule has 1 unspecified atom stereocenters. The van der Waals surface area contributed by atoms with Crippen LogP contribution in [0.5, 0.6) is 0 Å². The Hall–Kier alpha value is -4.65. The molecule has 3 heteroatoms. The van der Waals surface area contributed by atoms with Crippen molar-refractivity contribution in [2.75, 3.05) is 4.90 Å². The van der Waals surface area contributed by atoms with Crippen LogP contribution in [-0.4, -0.2) is 17.2 Å². The van der Waals surface area contributed by atoms with E-state index in [9.17, 15) is 9.90 Å². The van der Waals surface area contributed by atoms with E-state index in [0.717, 1.165) is 39.0 Å². The molecule has 0 saturated heterocycles. The lowest BCUT2D eigenvalue weighted by atomic mass is 9.85. The first-order valence-electron chi connectivity index (χ1n) is 11.4. The highest BCUT2D eigenvalue weighted by Gasteiger charge is 2.25. The fourth-order valence-electron chi connectivity index (χ4n) is 4.39. The number of carbonyl (C=O) groups is 1. The Morgan fingerprint density at radius 2 is 1.14 bits per heavy atom. The number of carbonyl (C=O) groups excluding carboxylic acids is 1. The minimum absolute atomic E-state index is 0.234. The summed E-state index contributed by atoms with van der Waals surface area (Å²) in [6.07, 6.45) is 7.53. The van der Waals surface area contributed by atoms with Crippen LogP contribution in [0.1, 0.15) is 27.8 Å². The molecular weight excluding hydrogens is 430 g/mol. The second kappa shape index (κ2) is 9.69. The zero-order chi connectivity index (χ0) is 24.2. The van der Waals surface area contributed by atoms with Crippen LogP contribution in [0.15, 0.2) is 121 Å². The maximum Gasteiger partial charge on any atom is 0.253 e. The molecule has 0 saturated carbocycles. The minimum atomic E-state index is -0.952. The van der Waals surface area contributed by atoms with Gasteiger partial charge in [0.15, 0.2) is 6.23 Å². The molecule has 0 radical (unpaired) electrons. The van der Waals surface area contributed by atoms with Crippen LogP contribution in [0, 0.1) is 12.3 Å².